The van der Waals surface area contributed by atoms with E-state index in [0.717, 1.165) is 18.4 Å². The van der Waals surface area contributed by atoms with E-state index in [1.54, 1.807) is 16.7 Å². The van der Waals surface area contributed by atoms with Crippen LogP contribution >= 0.6 is 11.8 Å². The second-order valence-electron chi connectivity index (χ2n) is 10.3. The number of cyclic esters (lactones) is 1. The highest BCUT2D eigenvalue weighted by molar-refractivity contribution is 8.02. The first-order chi connectivity index (χ1) is 17.4. The van der Waals surface area contributed by atoms with Gasteiger partial charge in [-0.2, -0.15) is 0 Å². The lowest BCUT2D eigenvalue weighted by atomic mass is 9.74. The zero-order chi connectivity index (χ0) is 25.3. The van der Waals surface area contributed by atoms with Crippen LogP contribution in [-0.4, -0.2) is 74.5 Å². The number of likely N-dealkylation sites (tertiary alicyclic amines) is 1. The number of amides is 2. The third-order valence-corrected chi connectivity index (χ3v) is 9.65. The molecule has 4 heterocycles. The number of unbranched alkanes of at least 4 members (excludes halogenated alkanes) is 1. The van der Waals surface area contributed by atoms with Gasteiger partial charge in [0.2, 0.25) is 11.8 Å². The van der Waals surface area contributed by atoms with E-state index >= 15 is 0 Å². The molecule has 1 aromatic carbocycles. The number of carbonyl (C=O) groups excluding carboxylic acids is 3. The number of aliphatic hydroxyl groups excluding tert-OH is 1. The molecule has 2 fully saturated rings. The zero-order valence-electron chi connectivity index (χ0n) is 20.7. The van der Waals surface area contributed by atoms with Crippen molar-refractivity contribution in [3.8, 4) is 0 Å². The molecule has 0 aromatic heterocycles. The number of aliphatic hydroxyl groups is 1. The van der Waals surface area contributed by atoms with Gasteiger partial charge >= 0.3 is 5.97 Å². The Balaban J connectivity index is 1.57. The summed E-state index contributed by atoms with van der Waals surface area (Å²) in [6, 6.07) is 9.14. The monoisotopic (exact) mass is 510 g/mol. The van der Waals surface area contributed by atoms with Crippen molar-refractivity contribution in [1.82, 2.24) is 9.80 Å². The van der Waals surface area contributed by atoms with Gasteiger partial charge in [0.25, 0.3) is 0 Å². The van der Waals surface area contributed by atoms with Crippen LogP contribution in [0.4, 0.5) is 0 Å². The predicted molar refractivity (Wildman–Crippen MR) is 138 cm³/mol. The standard InChI is InChI=1S/C28H34N2O5S/c1-27-13-6-3-9-18-35-26(34)22(27)21-24(32)30(16-7-8-17-31)23-25(33)29(15-10-14-28(21,23)36-27)19-20-11-4-2-5-12-20/h2,4-6,10-14,21-23,31H,3,7-9,15-19H2,1H3/b13-6-/t21-,22+,23?,27-,28-/m0/s1. The van der Waals surface area contributed by atoms with E-state index in [1.807, 2.05) is 54.3 Å². The molecule has 8 heteroatoms. The molecule has 2 amide bonds. The summed E-state index contributed by atoms with van der Waals surface area (Å²) in [5.74, 6) is -1.97. The second-order valence-corrected chi connectivity index (χ2v) is 12.1. The summed E-state index contributed by atoms with van der Waals surface area (Å²) in [7, 11) is 0. The van der Waals surface area contributed by atoms with Crippen LogP contribution in [0.3, 0.4) is 0 Å². The number of hydrogen-bond donors (Lipinski definition) is 1. The van der Waals surface area contributed by atoms with Gasteiger partial charge in [-0.1, -0.05) is 54.6 Å². The minimum absolute atomic E-state index is 0.0296. The smallest absolute Gasteiger partial charge is 0.311 e. The van der Waals surface area contributed by atoms with Crippen molar-refractivity contribution in [3.05, 3.63) is 60.2 Å². The second kappa shape index (κ2) is 10.1. The predicted octanol–water partition coefficient (Wildman–Crippen LogP) is 2.94. The van der Waals surface area contributed by atoms with E-state index in [-0.39, 0.29) is 24.4 Å². The fourth-order valence-electron chi connectivity index (χ4n) is 6.26. The maximum Gasteiger partial charge on any atom is 0.311 e. The lowest BCUT2D eigenvalue weighted by Gasteiger charge is -2.37. The number of carbonyl (C=O) groups is 3. The van der Waals surface area contributed by atoms with Crippen LogP contribution in [0.5, 0.6) is 0 Å². The van der Waals surface area contributed by atoms with Crippen molar-refractivity contribution in [3.63, 3.8) is 0 Å². The minimum atomic E-state index is -0.860. The van der Waals surface area contributed by atoms with Gasteiger partial charge in [0.05, 0.1) is 23.2 Å². The molecular weight excluding hydrogens is 476 g/mol. The van der Waals surface area contributed by atoms with Crippen LogP contribution in [0, 0.1) is 11.8 Å². The summed E-state index contributed by atoms with van der Waals surface area (Å²) >= 11 is 1.57. The van der Waals surface area contributed by atoms with E-state index < -0.39 is 27.4 Å². The molecule has 5 rings (SSSR count). The molecule has 1 N–H and O–H groups in total. The van der Waals surface area contributed by atoms with Crippen molar-refractivity contribution in [2.45, 2.75) is 54.7 Å². The number of fused-ring (bicyclic) bond motifs is 2. The number of benzene rings is 1. The van der Waals surface area contributed by atoms with E-state index in [2.05, 4.69) is 12.2 Å². The number of thioether (sulfide) groups is 1. The molecule has 36 heavy (non-hydrogen) atoms. The van der Waals surface area contributed by atoms with Crippen molar-refractivity contribution in [2.24, 2.45) is 11.8 Å². The van der Waals surface area contributed by atoms with E-state index in [9.17, 15) is 19.5 Å². The minimum Gasteiger partial charge on any atom is -0.465 e. The van der Waals surface area contributed by atoms with Crippen molar-refractivity contribution >= 4 is 29.5 Å². The Morgan fingerprint density at radius 2 is 1.86 bits per heavy atom. The Labute approximate surface area is 216 Å². The topological polar surface area (TPSA) is 87.1 Å². The highest BCUT2D eigenvalue weighted by Crippen LogP contribution is 2.65. The quantitative estimate of drug-likeness (QED) is 0.360. The lowest BCUT2D eigenvalue weighted by Crippen LogP contribution is -2.53. The van der Waals surface area contributed by atoms with E-state index in [0.29, 0.717) is 39.1 Å². The first-order valence-electron chi connectivity index (χ1n) is 12.9. The summed E-state index contributed by atoms with van der Waals surface area (Å²) in [5.41, 5.74) is 1.03. The molecule has 0 radical (unpaired) electrons. The molecule has 0 bridgehead atoms. The summed E-state index contributed by atoms with van der Waals surface area (Å²) in [6.45, 7) is 3.63. The summed E-state index contributed by atoms with van der Waals surface area (Å²) < 4.78 is 4.13. The number of nitrogens with zero attached hydrogens (tertiary/aromatic N) is 2. The average Bonchev–Trinajstić information content (AvgIpc) is 3.21. The maximum absolute atomic E-state index is 14.2. The number of allylic oxidation sites excluding steroid dienone is 1. The van der Waals surface area contributed by atoms with Gasteiger partial charge in [-0.05, 0) is 38.2 Å². The van der Waals surface area contributed by atoms with Crippen LogP contribution in [0.1, 0.15) is 38.2 Å². The first-order valence-corrected chi connectivity index (χ1v) is 13.7. The number of esters is 1. The molecule has 0 saturated carbocycles. The SMILES string of the molecule is C[C@]12/C=C\CCCOC(=O)[C@H]1[C@H]1C(=O)N(CCCCO)C3C(=O)N(Cc4ccccc4)CC=C[C@@]31S2. The summed E-state index contributed by atoms with van der Waals surface area (Å²) in [4.78, 5) is 45.2. The van der Waals surface area contributed by atoms with Gasteiger partial charge in [0.15, 0.2) is 0 Å². The molecule has 1 aromatic rings. The van der Waals surface area contributed by atoms with Crippen LogP contribution in [0.25, 0.3) is 0 Å². The van der Waals surface area contributed by atoms with Crippen LogP contribution in [-0.2, 0) is 25.7 Å². The highest BCUT2D eigenvalue weighted by atomic mass is 32.2. The largest absolute Gasteiger partial charge is 0.465 e. The molecule has 5 atom stereocenters. The van der Waals surface area contributed by atoms with E-state index in [4.69, 9.17) is 4.74 Å². The fourth-order valence-corrected chi connectivity index (χ4v) is 8.41. The Bertz CT molecular complexity index is 1070. The Morgan fingerprint density at radius 3 is 2.64 bits per heavy atom. The highest BCUT2D eigenvalue weighted by Gasteiger charge is 2.73. The lowest BCUT2D eigenvalue weighted by molar-refractivity contribution is -0.154. The van der Waals surface area contributed by atoms with E-state index in [1.165, 1.54) is 0 Å². The Morgan fingerprint density at radius 1 is 1.06 bits per heavy atom. The molecule has 0 aliphatic carbocycles. The molecule has 2 saturated heterocycles. The molecule has 1 unspecified atom stereocenters. The van der Waals surface area contributed by atoms with Gasteiger partial charge in [-0.15, -0.1) is 11.8 Å². The van der Waals surface area contributed by atoms with Crippen molar-refractivity contribution in [1.29, 1.82) is 0 Å². The molecule has 4 aliphatic rings. The van der Waals surface area contributed by atoms with Gasteiger partial charge < -0.3 is 19.6 Å². The van der Waals surface area contributed by atoms with Gasteiger partial charge in [-0.3, -0.25) is 14.4 Å². The summed E-state index contributed by atoms with van der Waals surface area (Å²) in [5, 5.41) is 9.35. The number of hydrogen-bond acceptors (Lipinski definition) is 6. The van der Waals surface area contributed by atoms with Gasteiger partial charge in [0.1, 0.15) is 6.04 Å². The Hall–Kier alpha value is -2.58. The maximum atomic E-state index is 14.2. The first kappa shape index (κ1) is 25.1. The Kier molecular flexibility index (Phi) is 7.01. The van der Waals surface area contributed by atoms with Gasteiger partial charge in [0, 0.05) is 31.0 Å². The molecule has 1 spiro atoms. The van der Waals surface area contributed by atoms with Crippen molar-refractivity contribution < 1.29 is 24.2 Å². The molecular formula is C28H34N2O5S. The summed E-state index contributed by atoms with van der Waals surface area (Å²) in [6.07, 6.45) is 10.9. The van der Waals surface area contributed by atoms with Crippen LogP contribution in [0.2, 0.25) is 0 Å². The van der Waals surface area contributed by atoms with Crippen LogP contribution < -0.4 is 0 Å². The third kappa shape index (κ3) is 4.18. The number of rotatable bonds is 6. The number of ether oxygens (including phenoxy) is 1. The molecule has 7 nitrogen and oxygen atoms in total. The molecule has 4 aliphatic heterocycles. The average molecular weight is 511 g/mol. The third-order valence-electron chi connectivity index (χ3n) is 7.86. The normalized spacial score (nSPS) is 34.7. The van der Waals surface area contributed by atoms with Crippen LogP contribution in [0.15, 0.2) is 54.6 Å². The van der Waals surface area contributed by atoms with Crippen molar-refractivity contribution in [2.75, 3.05) is 26.3 Å². The van der Waals surface area contributed by atoms with Gasteiger partial charge in [-0.25, -0.2) is 0 Å². The fraction of sp³-hybridized carbons (Fsp3) is 0.536. The molecule has 192 valence electrons. The zero-order valence-corrected chi connectivity index (χ0v) is 21.5.